The van der Waals surface area contributed by atoms with E-state index in [2.05, 4.69) is 18.3 Å². The molecule has 0 aliphatic carbocycles. The number of hydrogen-bond donors (Lipinski definition) is 1. The number of fused-ring (bicyclic) bond motifs is 3. The fourth-order valence-corrected chi connectivity index (χ4v) is 4.99. The Morgan fingerprint density at radius 1 is 1.04 bits per heavy atom. The van der Waals surface area contributed by atoms with Gasteiger partial charge >= 0.3 is 5.97 Å². The number of hydrogen-bond acceptors (Lipinski definition) is 4. The zero-order valence-electron chi connectivity index (χ0n) is 16.0. The van der Waals surface area contributed by atoms with Crippen LogP contribution in [-0.4, -0.2) is 24.2 Å². The summed E-state index contributed by atoms with van der Waals surface area (Å²) < 4.78 is 12.0. The predicted octanol–water partition coefficient (Wildman–Crippen LogP) is 4.58. The Morgan fingerprint density at radius 2 is 1.75 bits per heavy atom. The molecule has 0 saturated carbocycles. The van der Waals surface area contributed by atoms with Gasteiger partial charge in [-0.2, -0.15) is 0 Å². The average molecular weight is 400 g/mol. The summed E-state index contributed by atoms with van der Waals surface area (Å²) in [5.41, 5.74) is 2.08. The maximum absolute atomic E-state index is 12.7. The third kappa shape index (κ3) is 3.51. The lowest BCUT2D eigenvalue weighted by Gasteiger charge is -2.32. The summed E-state index contributed by atoms with van der Waals surface area (Å²) in [5.74, 6) is 1.09. The normalized spacial score (nSPS) is 30.8. The van der Waals surface area contributed by atoms with Crippen LogP contribution >= 0.6 is 12.4 Å². The molecule has 4 nitrogen and oxygen atoms in total. The summed E-state index contributed by atoms with van der Waals surface area (Å²) >= 11 is 0. The lowest BCUT2D eigenvalue weighted by Crippen LogP contribution is -2.42. The third-order valence-corrected chi connectivity index (χ3v) is 6.33. The minimum atomic E-state index is -0.259. The Bertz CT molecular complexity index is 844. The summed E-state index contributed by atoms with van der Waals surface area (Å²) in [7, 11) is 0. The van der Waals surface area contributed by atoms with Crippen LogP contribution in [-0.2, 0) is 4.79 Å². The number of ether oxygens (including phenoxy) is 2. The Kier molecular flexibility index (Phi) is 5.35. The van der Waals surface area contributed by atoms with Gasteiger partial charge in [0.15, 0.2) is 0 Å². The average Bonchev–Trinajstić information content (AvgIpc) is 3.01. The number of esters is 1. The molecular weight excluding hydrogens is 374 g/mol. The van der Waals surface area contributed by atoms with Crippen molar-refractivity contribution in [1.29, 1.82) is 0 Å². The lowest BCUT2D eigenvalue weighted by atomic mass is 9.80. The molecule has 148 valence electrons. The monoisotopic (exact) mass is 399 g/mol. The van der Waals surface area contributed by atoms with Crippen LogP contribution in [0.5, 0.6) is 11.5 Å². The molecule has 0 amide bonds. The highest BCUT2D eigenvalue weighted by atomic mass is 35.5. The van der Waals surface area contributed by atoms with Crippen LogP contribution < -0.4 is 14.8 Å². The molecule has 4 unspecified atom stereocenters. The van der Waals surface area contributed by atoms with Crippen LogP contribution in [0.3, 0.4) is 0 Å². The first kappa shape index (κ1) is 19.3. The molecule has 1 N–H and O–H groups in total. The van der Waals surface area contributed by atoms with E-state index >= 15 is 0 Å². The standard InChI is InChI=1S/C23H25NO3.ClH/c1-14-20-10-9-18(26-19-11-16-7-8-17(12-19)24-16)13-21(20)27-23(25)22(14)15-5-3-2-4-6-15;/h2-6,9-10,13-14,16-17,19,22,24H,7-8,11-12H2,1H3;1H. The molecule has 2 aromatic carbocycles. The van der Waals surface area contributed by atoms with Crippen LogP contribution in [0, 0.1) is 0 Å². The lowest BCUT2D eigenvalue weighted by molar-refractivity contribution is -0.137. The van der Waals surface area contributed by atoms with E-state index in [1.54, 1.807) is 0 Å². The second-order valence-corrected chi connectivity index (χ2v) is 8.15. The van der Waals surface area contributed by atoms with Crippen molar-refractivity contribution in [3.05, 3.63) is 59.7 Å². The first-order chi connectivity index (χ1) is 13.2. The molecule has 2 aromatic rings. The highest BCUT2D eigenvalue weighted by Gasteiger charge is 2.37. The van der Waals surface area contributed by atoms with Gasteiger partial charge in [-0.3, -0.25) is 4.79 Å². The zero-order valence-corrected chi connectivity index (χ0v) is 16.8. The Morgan fingerprint density at radius 3 is 2.46 bits per heavy atom. The van der Waals surface area contributed by atoms with Crippen molar-refractivity contribution >= 4 is 18.4 Å². The van der Waals surface area contributed by atoms with E-state index in [9.17, 15) is 4.79 Å². The van der Waals surface area contributed by atoms with E-state index in [4.69, 9.17) is 9.47 Å². The van der Waals surface area contributed by atoms with Crippen LogP contribution in [0.4, 0.5) is 0 Å². The molecule has 0 radical (unpaired) electrons. The van der Waals surface area contributed by atoms with Gasteiger partial charge in [0.05, 0.1) is 5.92 Å². The van der Waals surface area contributed by atoms with Gasteiger partial charge in [-0.05, 0) is 42.9 Å². The number of carbonyl (C=O) groups is 1. The molecule has 2 bridgehead atoms. The Hall–Kier alpha value is -2.04. The van der Waals surface area contributed by atoms with Crippen molar-refractivity contribution < 1.29 is 14.3 Å². The first-order valence-electron chi connectivity index (χ1n) is 10.0. The Labute approximate surface area is 172 Å². The van der Waals surface area contributed by atoms with E-state index < -0.39 is 0 Å². The van der Waals surface area contributed by atoms with Crippen molar-refractivity contribution in [2.75, 3.05) is 0 Å². The van der Waals surface area contributed by atoms with Crippen LogP contribution in [0.1, 0.15) is 55.6 Å². The molecule has 2 saturated heterocycles. The van der Waals surface area contributed by atoms with Gasteiger partial charge in [0.1, 0.15) is 17.6 Å². The smallest absolute Gasteiger partial charge is 0.319 e. The maximum atomic E-state index is 12.7. The van der Waals surface area contributed by atoms with E-state index in [1.165, 1.54) is 12.8 Å². The molecule has 3 aliphatic rings. The molecule has 28 heavy (non-hydrogen) atoms. The van der Waals surface area contributed by atoms with Gasteiger partial charge in [0.2, 0.25) is 0 Å². The highest BCUT2D eigenvalue weighted by molar-refractivity contribution is 5.85. The van der Waals surface area contributed by atoms with E-state index in [0.717, 1.165) is 29.7 Å². The topological polar surface area (TPSA) is 47.6 Å². The predicted molar refractivity (Wildman–Crippen MR) is 111 cm³/mol. The summed E-state index contributed by atoms with van der Waals surface area (Å²) in [5, 5.41) is 3.64. The molecule has 0 aromatic heterocycles. The third-order valence-electron chi connectivity index (χ3n) is 6.33. The number of nitrogens with one attached hydrogen (secondary N) is 1. The van der Waals surface area contributed by atoms with E-state index in [-0.39, 0.29) is 36.3 Å². The largest absolute Gasteiger partial charge is 0.490 e. The maximum Gasteiger partial charge on any atom is 0.319 e. The number of carbonyl (C=O) groups excluding carboxylic acids is 1. The van der Waals surface area contributed by atoms with Crippen molar-refractivity contribution in [2.45, 2.75) is 62.6 Å². The summed E-state index contributed by atoms with van der Waals surface area (Å²) in [6.07, 6.45) is 4.87. The van der Waals surface area contributed by atoms with Crippen molar-refractivity contribution in [3.8, 4) is 11.5 Å². The van der Waals surface area contributed by atoms with Gasteiger partial charge in [0, 0.05) is 24.1 Å². The van der Waals surface area contributed by atoms with Crippen LogP contribution in [0.2, 0.25) is 0 Å². The summed E-state index contributed by atoms with van der Waals surface area (Å²) in [6, 6.07) is 17.1. The quantitative estimate of drug-likeness (QED) is 0.606. The van der Waals surface area contributed by atoms with Gasteiger partial charge in [0.25, 0.3) is 0 Å². The molecule has 3 heterocycles. The molecule has 3 aliphatic heterocycles. The number of halogens is 1. The zero-order chi connectivity index (χ0) is 18.4. The first-order valence-corrected chi connectivity index (χ1v) is 10.0. The van der Waals surface area contributed by atoms with Gasteiger partial charge in [-0.25, -0.2) is 0 Å². The highest BCUT2D eigenvalue weighted by Crippen LogP contribution is 2.44. The molecule has 2 fully saturated rings. The fourth-order valence-electron chi connectivity index (χ4n) is 4.99. The van der Waals surface area contributed by atoms with Crippen molar-refractivity contribution in [3.63, 3.8) is 0 Å². The van der Waals surface area contributed by atoms with Crippen molar-refractivity contribution in [2.24, 2.45) is 0 Å². The SMILES string of the molecule is CC1c2ccc(OC3CC4CCC(C3)N4)cc2OC(=O)C1c1ccccc1.Cl. The van der Waals surface area contributed by atoms with E-state index in [0.29, 0.717) is 17.8 Å². The second kappa shape index (κ2) is 7.76. The molecule has 4 atom stereocenters. The number of benzene rings is 2. The van der Waals surface area contributed by atoms with Crippen molar-refractivity contribution in [1.82, 2.24) is 5.32 Å². The molecule has 5 rings (SSSR count). The van der Waals surface area contributed by atoms with E-state index in [1.807, 2.05) is 42.5 Å². The van der Waals surface area contributed by atoms with Gasteiger partial charge < -0.3 is 14.8 Å². The minimum absolute atomic E-state index is 0. The van der Waals surface area contributed by atoms with Crippen LogP contribution in [0.25, 0.3) is 0 Å². The minimum Gasteiger partial charge on any atom is -0.490 e. The number of rotatable bonds is 3. The fraction of sp³-hybridized carbons (Fsp3) is 0.435. The van der Waals surface area contributed by atoms with Crippen LogP contribution in [0.15, 0.2) is 48.5 Å². The summed E-state index contributed by atoms with van der Waals surface area (Å²) in [6.45, 7) is 2.10. The van der Waals surface area contributed by atoms with Gasteiger partial charge in [-0.15, -0.1) is 12.4 Å². The second-order valence-electron chi connectivity index (χ2n) is 8.15. The molecule has 0 spiro atoms. The molecular formula is C23H26ClNO3. The summed E-state index contributed by atoms with van der Waals surface area (Å²) in [4.78, 5) is 12.7. The molecule has 5 heteroatoms. The number of piperidine rings is 1. The Balaban J connectivity index is 0.00000192. The van der Waals surface area contributed by atoms with Gasteiger partial charge in [-0.1, -0.05) is 43.3 Å².